The minimum Gasteiger partial charge on any atom is -0.481 e. The van der Waals surface area contributed by atoms with Crippen LogP contribution >= 0.6 is 0 Å². The molecule has 0 fully saturated rings. The summed E-state index contributed by atoms with van der Waals surface area (Å²) in [5, 5.41) is 12.4. The van der Waals surface area contributed by atoms with Gasteiger partial charge < -0.3 is 14.4 Å². The summed E-state index contributed by atoms with van der Waals surface area (Å²) >= 11 is 0. The molecule has 1 atom stereocenters. The van der Waals surface area contributed by atoms with Crippen LogP contribution in [0.3, 0.4) is 0 Å². The fraction of sp³-hybridized carbons (Fsp3) is 0.500. The third kappa shape index (κ3) is 1.63. The first-order valence-electron chi connectivity index (χ1n) is 3.81. The molecule has 0 saturated carbocycles. The van der Waals surface area contributed by atoms with Crippen LogP contribution in [0.25, 0.3) is 0 Å². The van der Waals surface area contributed by atoms with Gasteiger partial charge in [0.2, 0.25) is 0 Å². The van der Waals surface area contributed by atoms with Crippen LogP contribution in [0.1, 0.15) is 24.2 Å². The van der Waals surface area contributed by atoms with Crippen LogP contribution in [-0.4, -0.2) is 23.3 Å². The number of hydrogen-bond donors (Lipinski definition) is 1. The molecule has 13 heavy (non-hydrogen) atoms. The molecule has 1 N–H and O–H groups in total. The topological polar surface area (TPSA) is 72.6 Å². The van der Waals surface area contributed by atoms with Crippen LogP contribution in [0.4, 0.5) is 0 Å². The first-order valence-corrected chi connectivity index (χ1v) is 3.81. The number of carbonyl (C=O) groups is 1. The summed E-state index contributed by atoms with van der Waals surface area (Å²) in [5.74, 6) is -0.870. The van der Waals surface area contributed by atoms with E-state index in [-0.39, 0.29) is 5.88 Å². The number of nitrogens with zero attached hydrogens (tertiary/aromatic N) is 1. The van der Waals surface area contributed by atoms with E-state index in [1.54, 1.807) is 13.8 Å². The van der Waals surface area contributed by atoms with Crippen molar-refractivity contribution in [2.75, 3.05) is 7.11 Å². The number of rotatable bonds is 3. The van der Waals surface area contributed by atoms with Gasteiger partial charge in [0.1, 0.15) is 5.76 Å². The Morgan fingerprint density at radius 3 is 2.77 bits per heavy atom. The number of aryl methyl sites for hydroxylation is 1. The molecular formula is C8H11NO4. The zero-order valence-corrected chi connectivity index (χ0v) is 7.70. The Balaban J connectivity index is 3.10. The van der Waals surface area contributed by atoms with Gasteiger partial charge in [-0.25, -0.2) is 0 Å². The minimum absolute atomic E-state index is 0.243. The van der Waals surface area contributed by atoms with Crippen molar-refractivity contribution in [3.05, 3.63) is 11.3 Å². The van der Waals surface area contributed by atoms with Crippen LogP contribution in [0.5, 0.6) is 5.88 Å². The van der Waals surface area contributed by atoms with E-state index in [0.717, 1.165) is 0 Å². The smallest absolute Gasteiger partial charge is 0.311 e. The Morgan fingerprint density at radius 2 is 2.31 bits per heavy atom. The summed E-state index contributed by atoms with van der Waals surface area (Å²) in [5.41, 5.74) is 0.495. The number of aromatic nitrogens is 1. The van der Waals surface area contributed by atoms with Crippen molar-refractivity contribution in [2.45, 2.75) is 19.8 Å². The molecule has 0 spiro atoms. The lowest BCUT2D eigenvalue weighted by Crippen LogP contribution is -2.08. The molecule has 5 nitrogen and oxygen atoms in total. The highest BCUT2D eigenvalue weighted by Gasteiger charge is 2.24. The standard InChI is InChI=1S/C8H11NO4/c1-4(8(10)11)6-5(2)13-9-7(6)12-3/h4H,1-3H3,(H,10,11). The summed E-state index contributed by atoms with van der Waals surface area (Å²) in [6.45, 7) is 3.22. The number of carboxylic acid groups (broad SMARTS) is 1. The molecule has 1 heterocycles. The van der Waals surface area contributed by atoms with Gasteiger partial charge in [-0.3, -0.25) is 4.79 Å². The van der Waals surface area contributed by atoms with Gasteiger partial charge in [0.05, 0.1) is 18.6 Å². The lowest BCUT2D eigenvalue weighted by Gasteiger charge is -2.04. The molecule has 0 radical (unpaired) electrons. The number of carboxylic acids is 1. The van der Waals surface area contributed by atoms with E-state index in [4.69, 9.17) is 14.4 Å². The third-order valence-corrected chi connectivity index (χ3v) is 1.87. The molecule has 0 aliphatic heterocycles. The first kappa shape index (κ1) is 9.57. The molecule has 0 aromatic carbocycles. The number of ether oxygens (including phenoxy) is 1. The number of methoxy groups -OCH3 is 1. The van der Waals surface area contributed by atoms with Gasteiger partial charge in [-0.15, -0.1) is 0 Å². The highest BCUT2D eigenvalue weighted by Crippen LogP contribution is 2.28. The molecule has 1 unspecified atom stereocenters. The maximum atomic E-state index is 10.7. The van der Waals surface area contributed by atoms with Gasteiger partial charge in [-0.05, 0) is 19.0 Å². The Labute approximate surface area is 75.3 Å². The maximum Gasteiger partial charge on any atom is 0.311 e. The van der Waals surface area contributed by atoms with E-state index in [2.05, 4.69) is 5.16 Å². The molecule has 0 aliphatic carbocycles. The normalized spacial score (nSPS) is 12.5. The second-order valence-electron chi connectivity index (χ2n) is 2.72. The van der Waals surface area contributed by atoms with E-state index >= 15 is 0 Å². The number of hydrogen-bond acceptors (Lipinski definition) is 4. The average Bonchev–Trinajstić information content (AvgIpc) is 2.45. The monoisotopic (exact) mass is 185 g/mol. The highest BCUT2D eigenvalue weighted by molar-refractivity contribution is 5.76. The quantitative estimate of drug-likeness (QED) is 0.765. The molecule has 1 aromatic rings. The second kappa shape index (κ2) is 3.47. The van der Waals surface area contributed by atoms with E-state index in [0.29, 0.717) is 11.3 Å². The summed E-state index contributed by atoms with van der Waals surface area (Å²) in [6, 6.07) is 0. The second-order valence-corrected chi connectivity index (χ2v) is 2.72. The van der Waals surface area contributed by atoms with Crippen molar-refractivity contribution in [3.8, 4) is 5.88 Å². The molecule has 72 valence electrons. The van der Waals surface area contributed by atoms with Crippen molar-refractivity contribution in [1.29, 1.82) is 0 Å². The predicted octanol–water partition coefficient (Wildman–Crippen LogP) is 1.18. The number of aliphatic carboxylic acids is 1. The molecule has 1 rings (SSSR count). The third-order valence-electron chi connectivity index (χ3n) is 1.87. The Hall–Kier alpha value is -1.52. The molecule has 0 saturated heterocycles. The van der Waals surface area contributed by atoms with Crippen LogP contribution in [0.15, 0.2) is 4.52 Å². The summed E-state index contributed by atoms with van der Waals surface area (Å²) in [6.07, 6.45) is 0. The SMILES string of the molecule is COc1noc(C)c1C(C)C(=O)O. The summed E-state index contributed by atoms with van der Waals surface area (Å²) in [4.78, 5) is 10.7. The van der Waals surface area contributed by atoms with E-state index in [1.807, 2.05) is 0 Å². The molecule has 0 aliphatic rings. The minimum atomic E-state index is -0.926. The molecule has 0 bridgehead atoms. The van der Waals surface area contributed by atoms with Gasteiger partial charge in [-0.2, -0.15) is 0 Å². The molecule has 1 aromatic heterocycles. The van der Waals surface area contributed by atoms with E-state index in [9.17, 15) is 4.79 Å². The van der Waals surface area contributed by atoms with Crippen LogP contribution in [0, 0.1) is 6.92 Å². The van der Waals surface area contributed by atoms with Gasteiger partial charge in [0.25, 0.3) is 5.88 Å². The van der Waals surface area contributed by atoms with Crippen LogP contribution in [0.2, 0.25) is 0 Å². The largest absolute Gasteiger partial charge is 0.481 e. The van der Waals surface area contributed by atoms with Gasteiger partial charge in [0, 0.05) is 0 Å². The zero-order chi connectivity index (χ0) is 10.0. The fourth-order valence-electron chi connectivity index (χ4n) is 1.12. The van der Waals surface area contributed by atoms with Crippen LogP contribution in [-0.2, 0) is 4.79 Å². The fourth-order valence-corrected chi connectivity index (χ4v) is 1.12. The van der Waals surface area contributed by atoms with Gasteiger partial charge in [0.15, 0.2) is 0 Å². The molecule has 0 amide bonds. The highest BCUT2D eigenvalue weighted by atomic mass is 16.5. The van der Waals surface area contributed by atoms with Crippen molar-refractivity contribution in [1.82, 2.24) is 5.16 Å². The Bertz CT molecular complexity index is 318. The van der Waals surface area contributed by atoms with E-state index in [1.165, 1.54) is 7.11 Å². The van der Waals surface area contributed by atoms with Crippen LogP contribution < -0.4 is 4.74 Å². The molecule has 5 heteroatoms. The van der Waals surface area contributed by atoms with Gasteiger partial charge in [-0.1, -0.05) is 0 Å². The Kier molecular flexibility index (Phi) is 2.55. The maximum absolute atomic E-state index is 10.7. The van der Waals surface area contributed by atoms with Crippen molar-refractivity contribution in [3.63, 3.8) is 0 Å². The molecular weight excluding hydrogens is 174 g/mol. The lowest BCUT2D eigenvalue weighted by atomic mass is 10.0. The van der Waals surface area contributed by atoms with E-state index < -0.39 is 11.9 Å². The van der Waals surface area contributed by atoms with Crippen molar-refractivity contribution in [2.24, 2.45) is 0 Å². The zero-order valence-electron chi connectivity index (χ0n) is 7.70. The average molecular weight is 185 g/mol. The predicted molar refractivity (Wildman–Crippen MR) is 43.8 cm³/mol. The summed E-state index contributed by atoms with van der Waals surface area (Å²) < 4.78 is 9.69. The summed E-state index contributed by atoms with van der Waals surface area (Å²) in [7, 11) is 1.43. The lowest BCUT2D eigenvalue weighted by molar-refractivity contribution is -0.138. The van der Waals surface area contributed by atoms with Crippen molar-refractivity contribution >= 4 is 5.97 Å². The first-order chi connectivity index (χ1) is 6.07. The Morgan fingerprint density at radius 1 is 1.69 bits per heavy atom. The van der Waals surface area contributed by atoms with Gasteiger partial charge >= 0.3 is 5.97 Å². The van der Waals surface area contributed by atoms with Crippen molar-refractivity contribution < 1.29 is 19.2 Å².